The standard InChI is InChI=1S/C21H24N4O2S/c1-4-16-6-8-17(9-7-16)22-20(26)14-28-21-24-23-15(3)25(21)18-10-12-19(13-11-18)27-5-2/h6-13H,4-5,14H2,1-3H3,(H,22,26). The smallest absolute Gasteiger partial charge is 0.234 e. The number of nitrogens with zero attached hydrogens (tertiary/aromatic N) is 3. The molecule has 1 heterocycles. The van der Waals surface area contributed by atoms with E-state index in [-0.39, 0.29) is 11.7 Å². The summed E-state index contributed by atoms with van der Waals surface area (Å²) in [7, 11) is 0. The van der Waals surface area contributed by atoms with Crippen LogP contribution in [0.5, 0.6) is 5.75 Å². The van der Waals surface area contributed by atoms with Gasteiger partial charge in [0.2, 0.25) is 5.91 Å². The number of rotatable bonds is 8. The number of hydrogen-bond donors (Lipinski definition) is 1. The van der Waals surface area contributed by atoms with Gasteiger partial charge in [0.1, 0.15) is 11.6 Å². The van der Waals surface area contributed by atoms with E-state index in [0.29, 0.717) is 11.8 Å². The predicted molar refractivity (Wildman–Crippen MR) is 112 cm³/mol. The molecule has 0 aliphatic rings. The van der Waals surface area contributed by atoms with Crippen molar-refractivity contribution >= 4 is 23.4 Å². The molecule has 0 radical (unpaired) electrons. The Morgan fingerprint density at radius 1 is 1.07 bits per heavy atom. The molecular formula is C21H24N4O2S. The minimum atomic E-state index is -0.0758. The first-order valence-corrected chi connectivity index (χ1v) is 10.3. The van der Waals surface area contributed by atoms with Gasteiger partial charge in [-0.25, -0.2) is 0 Å². The molecule has 1 aromatic heterocycles. The Bertz CT molecular complexity index is 921. The maximum atomic E-state index is 12.3. The van der Waals surface area contributed by atoms with E-state index in [1.165, 1.54) is 17.3 Å². The molecule has 3 rings (SSSR count). The van der Waals surface area contributed by atoms with Crippen molar-refractivity contribution in [2.24, 2.45) is 0 Å². The lowest BCUT2D eigenvalue weighted by Gasteiger charge is -2.10. The summed E-state index contributed by atoms with van der Waals surface area (Å²) < 4.78 is 7.42. The van der Waals surface area contributed by atoms with Gasteiger partial charge in [-0.3, -0.25) is 9.36 Å². The summed E-state index contributed by atoms with van der Waals surface area (Å²) >= 11 is 1.36. The van der Waals surface area contributed by atoms with Crippen molar-refractivity contribution in [2.75, 3.05) is 17.7 Å². The van der Waals surface area contributed by atoms with Crippen LogP contribution >= 0.6 is 11.8 Å². The summed E-state index contributed by atoms with van der Waals surface area (Å²) in [5.41, 5.74) is 2.97. The molecule has 0 atom stereocenters. The number of nitrogens with one attached hydrogen (secondary N) is 1. The van der Waals surface area contributed by atoms with Crippen LogP contribution < -0.4 is 10.1 Å². The van der Waals surface area contributed by atoms with Gasteiger partial charge in [-0.2, -0.15) is 0 Å². The number of aryl methyl sites for hydroxylation is 2. The Balaban J connectivity index is 1.65. The van der Waals surface area contributed by atoms with Crippen LogP contribution in [0.15, 0.2) is 53.7 Å². The molecule has 0 aliphatic carbocycles. The van der Waals surface area contributed by atoms with E-state index < -0.39 is 0 Å². The number of carbonyl (C=O) groups is 1. The van der Waals surface area contributed by atoms with E-state index in [1.54, 1.807) is 0 Å². The second kappa shape index (κ2) is 9.41. The summed E-state index contributed by atoms with van der Waals surface area (Å²) in [4.78, 5) is 12.3. The molecule has 0 bridgehead atoms. The number of aromatic nitrogens is 3. The number of carbonyl (C=O) groups excluding carboxylic acids is 1. The lowest BCUT2D eigenvalue weighted by atomic mass is 10.1. The first-order chi connectivity index (χ1) is 13.6. The zero-order valence-corrected chi connectivity index (χ0v) is 17.1. The van der Waals surface area contributed by atoms with E-state index in [2.05, 4.69) is 22.4 Å². The van der Waals surface area contributed by atoms with Crippen molar-refractivity contribution in [1.29, 1.82) is 0 Å². The summed E-state index contributed by atoms with van der Waals surface area (Å²) in [5, 5.41) is 12.0. The van der Waals surface area contributed by atoms with Crippen LogP contribution in [0.1, 0.15) is 25.2 Å². The van der Waals surface area contributed by atoms with E-state index in [9.17, 15) is 4.79 Å². The first kappa shape index (κ1) is 19.9. The number of amides is 1. The zero-order valence-electron chi connectivity index (χ0n) is 16.3. The molecule has 28 heavy (non-hydrogen) atoms. The van der Waals surface area contributed by atoms with Crippen molar-refractivity contribution in [2.45, 2.75) is 32.3 Å². The number of anilines is 1. The molecule has 146 valence electrons. The van der Waals surface area contributed by atoms with Crippen molar-refractivity contribution < 1.29 is 9.53 Å². The van der Waals surface area contributed by atoms with Gasteiger partial charge in [-0.05, 0) is 62.2 Å². The van der Waals surface area contributed by atoms with Crippen molar-refractivity contribution in [3.05, 3.63) is 59.9 Å². The molecule has 3 aromatic rings. The molecule has 0 aliphatic heterocycles. The van der Waals surface area contributed by atoms with Crippen LogP contribution in [0.25, 0.3) is 5.69 Å². The number of hydrogen-bond acceptors (Lipinski definition) is 5. The molecule has 7 heteroatoms. The Morgan fingerprint density at radius 3 is 2.43 bits per heavy atom. The second-order valence-corrected chi connectivity index (χ2v) is 7.12. The third-order valence-corrected chi connectivity index (χ3v) is 5.11. The fourth-order valence-electron chi connectivity index (χ4n) is 2.74. The van der Waals surface area contributed by atoms with Gasteiger partial charge >= 0.3 is 0 Å². The van der Waals surface area contributed by atoms with Gasteiger partial charge in [0.15, 0.2) is 5.16 Å². The fourth-order valence-corrected chi connectivity index (χ4v) is 3.54. The lowest BCUT2D eigenvalue weighted by Crippen LogP contribution is -2.14. The Morgan fingerprint density at radius 2 is 1.79 bits per heavy atom. The molecule has 0 saturated carbocycles. The lowest BCUT2D eigenvalue weighted by molar-refractivity contribution is -0.113. The van der Waals surface area contributed by atoms with Gasteiger partial charge in [-0.15, -0.1) is 10.2 Å². The second-order valence-electron chi connectivity index (χ2n) is 6.18. The molecule has 2 aromatic carbocycles. The Hall–Kier alpha value is -2.80. The number of ether oxygens (including phenoxy) is 1. The monoisotopic (exact) mass is 396 g/mol. The highest BCUT2D eigenvalue weighted by Crippen LogP contribution is 2.24. The minimum absolute atomic E-state index is 0.0758. The Kier molecular flexibility index (Phi) is 6.71. The quantitative estimate of drug-likeness (QED) is 0.576. The summed E-state index contributed by atoms with van der Waals surface area (Å²) in [6.45, 7) is 6.58. The third-order valence-electron chi connectivity index (χ3n) is 4.18. The topological polar surface area (TPSA) is 69.0 Å². The molecule has 1 amide bonds. The van der Waals surface area contributed by atoms with E-state index in [4.69, 9.17) is 4.74 Å². The Labute approximate surface area is 169 Å². The van der Waals surface area contributed by atoms with Crippen molar-refractivity contribution in [3.8, 4) is 11.4 Å². The molecule has 0 fully saturated rings. The van der Waals surface area contributed by atoms with Gasteiger partial charge < -0.3 is 10.1 Å². The maximum absolute atomic E-state index is 12.3. The first-order valence-electron chi connectivity index (χ1n) is 9.27. The molecular weight excluding hydrogens is 372 g/mol. The van der Waals surface area contributed by atoms with Crippen LogP contribution in [0.2, 0.25) is 0 Å². The molecule has 1 N–H and O–H groups in total. The highest BCUT2D eigenvalue weighted by Gasteiger charge is 2.13. The highest BCUT2D eigenvalue weighted by molar-refractivity contribution is 7.99. The van der Waals surface area contributed by atoms with Gasteiger partial charge in [-0.1, -0.05) is 30.8 Å². The van der Waals surface area contributed by atoms with Gasteiger partial charge in [0.05, 0.1) is 12.4 Å². The summed E-state index contributed by atoms with van der Waals surface area (Å²) in [6.07, 6.45) is 0.977. The minimum Gasteiger partial charge on any atom is -0.494 e. The van der Waals surface area contributed by atoms with Gasteiger partial charge in [0.25, 0.3) is 0 Å². The van der Waals surface area contributed by atoms with Crippen LogP contribution in [0.4, 0.5) is 5.69 Å². The van der Waals surface area contributed by atoms with Crippen molar-refractivity contribution in [3.63, 3.8) is 0 Å². The van der Waals surface area contributed by atoms with Crippen LogP contribution in [-0.4, -0.2) is 33.0 Å². The van der Waals surface area contributed by atoms with Crippen molar-refractivity contribution in [1.82, 2.24) is 14.8 Å². The van der Waals surface area contributed by atoms with Crippen LogP contribution in [0, 0.1) is 6.92 Å². The summed E-state index contributed by atoms with van der Waals surface area (Å²) in [5.74, 6) is 1.76. The third kappa shape index (κ3) is 4.92. The van der Waals surface area contributed by atoms with E-state index in [0.717, 1.165) is 29.4 Å². The van der Waals surface area contributed by atoms with E-state index in [1.807, 2.05) is 66.9 Å². The van der Waals surface area contributed by atoms with Crippen LogP contribution in [-0.2, 0) is 11.2 Å². The zero-order chi connectivity index (χ0) is 19.9. The number of benzene rings is 2. The molecule has 0 spiro atoms. The average Bonchev–Trinajstić information content (AvgIpc) is 3.08. The molecule has 0 saturated heterocycles. The number of thioether (sulfide) groups is 1. The molecule has 0 unspecified atom stereocenters. The maximum Gasteiger partial charge on any atom is 0.234 e. The summed E-state index contributed by atoms with van der Waals surface area (Å²) in [6, 6.07) is 15.6. The predicted octanol–water partition coefficient (Wildman–Crippen LogP) is 4.27. The normalized spacial score (nSPS) is 10.7. The fraction of sp³-hybridized carbons (Fsp3) is 0.286. The van der Waals surface area contributed by atoms with Gasteiger partial charge in [0, 0.05) is 11.4 Å². The molecule has 6 nitrogen and oxygen atoms in total. The highest BCUT2D eigenvalue weighted by atomic mass is 32.2. The average molecular weight is 397 g/mol. The van der Waals surface area contributed by atoms with E-state index >= 15 is 0 Å². The SMILES string of the molecule is CCOc1ccc(-n2c(C)nnc2SCC(=O)Nc2ccc(CC)cc2)cc1. The van der Waals surface area contributed by atoms with Crippen LogP contribution in [0.3, 0.4) is 0 Å². The largest absolute Gasteiger partial charge is 0.494 e.